The van der Waals surface area contributed by atoms with Crippen molar-refractivity contribution >= 4 is 23.4 Å². The molecule has 9 heteroatoms. The molecule has 0 saturated carbocycles. The van der Waals surface area contributed by atoms with Crippen molar-refractivity contribution in [2.75, 3.05) is 11.4 Å². The predicted octanol–water partition coefficient (Wildman–Crippen LogP) is 1.18. The summed E-state index contributed by atoms with van der Waals surface area (Å²) in [5.74, 6) is -4.90. The number of alkyl halides is 3. The minimum Gasteiger partial charge on any atom is -0.360 e. The van der Waals surface area contributed by atoms with Crippen LogP contribution in [-0.2, 0) is 19.1 Å². The Bertz CT molecular complexity index is 823. The van der Waals surface area contributed by atoms with E-state index in [2.05, 4.69) is 0 Å². The average Bonchev–Trinajstić information content (AvgIpc) is 3.23. The number of fused-ring (bicyclic) bond motifs is 5. The van der Waals surface area contributed by atoms with Gasteiger partial charge in [0.1, 0.15) is 5.60 Å². The topological polar surface area (TPSA) is 75.7 Å². The number of carbonyl (C=O) groups is 3. The number of carbonyl (C=O) groups excluding carboxylic acids is 3. The molecule has 0 radical (unpaired) electrons. The zero-order valence-electron chi connectivity index (χ0n) is 13.2. The van der Waals surface area contributed by atoms with Crippen molar-refractivity contribution in [2.24, 2.45) is 11.8 Å². The summed E-state index contributed by atoms with van der Waals surface area (Å²) in [4.78, 5) is 37.8. The molecular formula is C17H13F3N2O4. The van der Waals surface area contributed by atoms with Crippen molar-refractivity contribution < 1.29 is 32.3 Å². The van der Waals surface area contributed by atoms with Gasteiger partial charge in [0.05, 0.1) is 30.2 Å². The fourth-order valence-corrected chi connectivity index (χ4v) is 3.86. The van der Waals surface area contributed by atoms with Crippen LogP contribution in [0.25, 0.3) is 0 Å². The summed E-state index contributed by atoms with van der Waals surface area (Å²) < 4.78 is 43.0. The number of benzene rings is 1. The van der Waals surface area contributed by atoms with Crippen LogP contribution in [0.3, 0.4) is 0 Å². The lowest BCUT2D eigenvalue weighted by Crippen LogP contribution is -2.51. The zero-order chi connectivity index (χ0) is 18.7. The first-order chi connectivity index (χ1) is 12.2. The Morgan fingerprint density at radius 1 is 1.19 bits per heavy atom. The van der Waals surface area contributed by atoms with Gasteiger partial charge in [0, 0.05) is 0 Å². The Morgan fingerprint density at radius 2 is 1.88 bits per heavy atom. The number of anilines is 1. The van der Waals surface area contributed by atoms with Gasteiger partial charge in [0.15, 0.2) is 0 Å². The smallest absolute Gasteiger partial charge is 0.360 e. The van der Waals surface area contributed by atoms with Gasteiger partial charge in [0.2, 0.25) is 11.8 Å². The molecule has 136 valence electrons. The summed E-state index contributed by atoms with van der Waals surface area (Å²) in [5.41, 5.74) is -1.06. The Balaban J connectivity index is 1.62. The third-order valence-electron chi connectivity index (χ3n) is 4.95. The molecule has 1 N–H and O–H groups in total. The standard InChI is InChI=1S/C17H13F3N2O4/c18-17(19,20)15(25)21-8-16-7-6-10(26-16)11-12(16)14(24)22(13(11)23)9-4-2-1-3-5-9/h1-7,10-12H,8H2,(H,21,25)/t10-,11-,12-,16+/m0/s1. The van der Waals surface area contributed by atoms with Crippen LogP contribution in [0.4, 0.5) is 18.9 Å². The van der Waals surface area contributed by atoms with Gasteiger partial charge in [-0.05, 0) is 12.1 Å². The van der Waals surface area contributed by atoms with Crippen molar-refractivity contribution in [2.45, 2.75) is 17.9 Å². The number of imide groups is 1. The van der Waals surface area contributed by atoms with Crippen molar-refractivity contribution in [1.29, 1.82) is 0 Å². The summed E-state index contributed by atoms with van der Waals surface area (Å²) in [6, 6.07) is 8.29. The highest BCUT2D eigenvalue weighted by atomic mass is 19.4. The van der Waals surface area contributed by atoms with E-state index in [0.717, 1.165) is 4.90 Å². The molecule has 2 fully saturated rings. The van der Waals surface area contributed by atoms with E-state index >= 15 is 0 Å². The van der Waals surface area contributed by atoms with Gasteiger partial charge in [-0.3, -0.25) is 14.4 Å². The van der Waals surface area contributed by atoms with E-state index in [1.165, 1.54) is 6.08 Å². The maximum absolute atomic E-state index is 12.9. The van der Waals surface area contributed by atoms with Gasteiger partial charge in [0.25, 0.3) is 0 Å². The molecule has 0 unspecified atom stereocenters. The minimum atomic E-state index is -5.04. The molecule has 1 aromatic carbocycles. The molecule has 0 spiro atoms. The monoisotopic (exact) mass is 366 g/mol. The Hall–Kier alpha value is -2.68. The zero-order valence-corrected chi connectivity index (χ0v) is 13.2. The molecule has 6 nitrogen and oxygen atoms in total. The third kappa shape index (κ3) is 2.27. The van der Waals surface area contributed by atoms with Crippen LogP contribution in [0.1, 0.15) is 0 Å². The van der Waals surface area contributed by atoms with Crippen molar-refractivity contribution in [3.8, 4) is 0 Å². The van der Waals surface area contributed by atoms with E-state index in [0.29, 0.717) is 5.69 Å². The fraction of sp³-hybridized carbons (Fsp3) is 0.353. The molecule has 2 bridgehead atoms. The molecule has 26 heavy (non-hydrogen) atoms. The molecule has 3 amide bonds. The van der Waals surface area contributed by atoms with E-state index in [4.69, 9.17) is 4.74 Å². The van der Waals surface area contributed by atoms with Crippen LogP contribution in [0.15, 0.2) is 42.5 Å². The first kappa shape index (κ1) is 16.8. The highest BCUT2D eigenvalue weighted by Crippen LogP contribution is 2.52. The molecule has 0 aromatic heterocycles. The molecule has 3 aliphatic rings. The molecule has 3 heterocycles. The number of para-hydroxylation sites is 1. The number of hydrogen-bond acceptors (Lipinski definition) is 4. The van der Waals surface area contributed by atoms with Crippen molar-refractivity contribution in [3.63, 3.8) is 0 Å². The fourth-order valence-electron chi connectivity index (χ4n) is 3.86. The summed E-state index contributed by atoms with van der Waals surface area (Å²) in [6.45, 7) is -0.541. The average molecular weight is 366 g/mol. The van der Waals surface area contributed by atoms with Gasteiger partial charge >= 0.3 is 12.1 Å². The van der Waals surface area contributed by atoms with Crippen molar-refractivity contribution in [1.82, 2.24) is 5.32 Å². The predicted molar refractivity (Wildman–Crippen MR) is 81.7 cm³/mol. The number of nitrogens with one attached hydrogen (secondary N) is 1. The second-order valence-electron chi connectivity index (χ2n) is 6.43. The second kappa shape index (κ2) is 5.41. The number of halogens is 3. The Kier molecular flexibility index (Phi) is 3.49. The summed E-state index contributed by atoms with van der Waals surface area (Å²) >= 11 is 0. The first-order valence-electron chi connectivity index (χ1n) is 7.90. The van der Waals surface area contributed by atoms with E-state index in [1.54, 1.807) is 41.7 Å². The van der Waals surface area contributed by atoms with E-state index in [-0.39, 0.29) is 0 Å². The summed E-state index contributed by atoms with van der Waals surface area (Å²) in [6.07, 6.45) is -2.72. The van der Waals surface area contributed by atoms with Crippen LogP contribution in [0.2, 0.25) is 0 Å². The van der Waals surface area contributed by atoms with Gasteiger partial charge < -0.3 is 10.1 Å². The van der Waals surface area contributed by atoms with Gasteiger partial charge in [-0.1, -0.05) is 30.4 Å². The lowest BCUT2D eigenvalue weighted by molar-refractivity contribution is -0.174. The lowest BCUT2D eigenvalue weighted by Gasteiger charge is -2.29. The maximum Gasteiger partial charge on any atom is 0.471 e. The van der Waals surface area contributed by atoms with Gasteiger partial charge in [-0.2, -0.15) is 13.2 Å². The number of nitrogens with zero attached hydrogens (tertiary/aromatic N) is 1. The van der Waals surface area contributed by atoms with Gasteiger partial charge in [-0.15, -0.1) is 0 Å². The second-order valence-corrected chi connectivity index (χ2v) is 6.43. The largest absolute Gasteiger partial charge is 0.471 e. The Morgan fingerprint density at radius 3 is 2.54 bits per heavy atom. The number of ether oxygens (including phenoxy) is 1. The van der Waals surface area contributed by atoms with E-state index in [1.807, 2.05) is 0 Å². The first-order valence-corrected chi connectivity index (χ1v) is 7.90. The SMILES string of the molecule is O=C1[C@H]2[C@@H]3C=C[C@](CNC(=O)C(F)(F)F)(O3)[C@@H]2C(=O)N1c1ccccc1. The maximum atomic E-state index is 12.9. The van der Waals surface area contributed by atoms with Crippen molar-refractivity contribution in [3.05, 3.63) is 42.5 Å². The van der Waals surface area contributed by atoms with E-state index < -0.39 is 54.0 Å². The summed E-state index contributed by atoms with van der Waals surface area (Å²) in [5, 5.41) is 1.76. The molecule has 4 rings (SSSR count). The third-order valence-corrected chi connectivity index (χ3v) is 4.95. The molecule has 2 saturated heterocycles. The molecular weight excluding hydrogens is 353 g/mol. The summed E-state index contributed by atoms with van der Waals surface area (Å²) in [7, 11) is 0. The van der Waals surface area contributed by atoms with Crippen LogP contribution in [0.5, 0.6) is 0 Å². The molecule has 3 aliphatic heterocycles. The normalized spacial score (nSPS) is 32.3. The molecule has 0 aliphatic carbocycles. The number of hydrogen-bond donors (Lipinski definition) is 1. The molecule has 4 atom stereocenters. The van der Waals surface area contributed by atoms with Crippen LogP contribution in [-0.4, -0.2) is 42.1 Å². The number of rotatable bonds is 3. The quantitative estimate of drug-likeness (QED) is 0.644. The minimum absolute atomic E-state index is 0.394. The van der Waals surface area contributed by atoms with Gasteiger partial charge in [-0.25, -0.2) is 4.90 Å². The van der Waals surface area contributed by atoms with Crippen LogP contribution < -0.4 is 10.2 Å². The Labute approximate surface area is 145 Å². The van der Waals surface area contributed by atoms with Crippen LogP contribution >= 0.6 is 0 Å². The lowest BCUT2D eigenvalue weighted by atomic mass is 9.77. The molecule has 1 aromatic rings. The highest BCUT2D eigenvalue weighted by Gasteiger charge is 2.68. The highest BCUT2D eigenvalue weighted by molar-refractivity contribution is 6.23. The number of amides is 3. The van der Waals surface area contributed by atoms with Crippen LogP contribution in [0, 0.1) is 11.8 Å². The van der Waals surface area contributed by atoms with E-state index in [9.17, 15) is 27.6 Å².